The SMILES string of the molecule is CC(C)c1ccc(N(Cc2cnn(Cc3ccc(C(F)(F)F)cc3)c2)C(=O)C2CCCc3c(OCc4ccccc4)cccc32)cn1. The predicted molar refractivity (Wildman–Crippen MR) is 175 cm³/mol. The molecule has 1 unspecified atom stereocenters. The molecule has 6 rings (SSSR count). The fourth-order valence-electron chi connectivity index (χ4n) is 6.07. The van der Waals surface area contributed by atoms with Crippen LogP contribution in [-0.4, -0.2) is 20.7 Å². The average Bonchev–Trinajstić information content (AvgIpc) is 3.52. The van der Waals surface area contributed by atoms with E-state index in [0.717, 1.165) is 65.1 Å². The number of fused-ring (bicyclic) bond motifs is 1. The van der Waals surface area contributed by atoms with Gasteiger partial charge in [0.1, 0.15) is 12.4 Å². The van der Waals surface area contributed by atoms with E-state index >= 15 is 0 Å². The summed E-state index contributed by atoms with van der Waals surface area (Å²) in [5.74, 6) is 0.672. The smallest absolute Gasteiger partial charge is 0.416 e. The maximum atomic E-state index is 14.5. The Kier molecular flexibility index (Phi) is 9.43. The highest BCUT2D eigenvalue weighted by Gasteiger charge is 2.33. The van der Waals surface area contributed by atoms with Gasteiger partial charge in [-0.15, -0.1) is 0 Å². The molecule has 5 aromatic rings. The van der Waals surface area contributed by atoms with Gasteiger partial charge in [-0.1, -0.05) is 68.4 Å². The summed E-state index contributed by atoms with van der Waals surface area (Å²) in [7, 11) is 0. The first-order valence-corrected chi connectivity index (χ1v) is 15.9. The number of halogens is 3. The molecule has 0 aliphatic heterocycles. The maximum Gasteiger partial charge on any atom is 0.416 e. The van der Waals surface area contributed by atoms with Crippen LogP contribution in [0.3, 0.4) is 0 Å². The van der Waals surface area contributed by atoms with Gasteiger partial charge in [-0.3, -0.25) is 14.5 Å². The highest BCUT2D eigenvalue weighted by atomic mass is 19.4. The van der Waals surface area contributed by atoms with Crippen LogP contribution in [0.15, 0.2) is 104 Å². The molecule has 2 heterocycles. The molecule has 0 saturated heterocycles. The maximum absolute atomic E-state index is 14.5. The minimum atomic E-state index is -4.38. The molecule has 1 atom stereocenters. The number of carbonyl (C=O) groups is 1. The molecule has 6 nitrogen and oxygen atoms in total. The summed E-state index contributed by atoms with van der Waals surface area (Å²) in [6.45, 7) is 5.17. The molecule has 0 spiro atoms. The van der Waals surface area contributed by atoms with E-state index in [1.807, 2.05) is 66.9 Å². The van der Waals surface area contributed by atoms with Crippen molar-refractivity contribution in [2.24, 2.45) is 0 Å². The van der Waals surface area contributed by atoms with E-state index in [1.165, 1.54) is 12.1 Å². The summed E-state index contributed by atoms with van der Waals surface area (Å²) >= 11 is 0. The third-order valence-electron chi connectivity index (χ3n) is 8.59. The second-order valence-corrected chi connectivity index (χ2v) is 12.3. The van der Waals surface area contributed by atoms with Gasteiger partial charge in [0.15, 0.2) is 0 Å². The third kappa shape index (κ3) is 7.56. The van der Waals surface area contributed by atoms with Crippen molar-refractivity contribution in [2.75, 3.05) is 4.90 Å². The van der Waals surface area contributed by atoms with Crippen molar-refractivity contribution in [1.82, 2.24) is 14.8 Å². The van der Waals surface area contributed by atoms with E-state index in [-0.39, 0.29) is 24.3 Å². The van der Waals surface area contributed by atoms with Crippen molar-refractivity contribution in [3.05, 3.63) is 143 Å². The van der Waals surface area contributed by atoms with Crippen LogP contribution in [0.4, 0.5) is 18.9 Å². The van der Waals surface area contributed by atoms with Crippen LogP contribution < -0.4 is 9.64 Å². The van der Waals surface area contributed by atoms with E-state index in [0.29, 0.717) is 24.4 Å². The van der Waals surface area contributed by atoms with Crippen LogP contribution in [-0.2, 0) is 37.1 Å². The first-order valence-electron chi connectivity index (χ1n) is 15.9. The van der Waals surface area contributed by atoms with E-state index in [1.54, 1.807) is 22.0 Å². The molecule has 1 aliphatic rings. The molecule has 0 saturated carbocycles. The van der Waals surface area contributed by atoms with Gasteiger partial charge >= 0.3 is 6.18 Å². The van der Waals surface area contributed by atoms with Crippen molar-refractivity contribution in [2.45, 2.75) is 70.8 Å². The Morgan fingerprint density at radius 1 is 0.936 bits per heavy atom. The zero-order chi connectivity index (χ0) is 33.0. The van der Waals surface area contributed by atoms with Gasteiger partial charge < -0.3 is 9.64 Å². The number of alkyl halides is 3. The van der Waals surface area contributed by atoms with Gasteiger partial charge in [0.25, 0.3) is 0 Å². The van der Waals surface area contributed by atoms with E-state index in [9.17, 15) is 18.0 Å². The summed E-state index contributed by atoms with van der Waals surface area (Å²) in [6.07, 6.45) is 3.32. The Morgan fingerprint density at radius 2 is 1.72 bits per heavy atom. The Labute approximate surface area is 272 Å². The Balaban J connectivity index is 1.25. The Hall–Kier alpha value is -4.92. The van der Waals surface area contributed by atoms with Crippen molar-refractivity contribution in [3.8, 4) is 5.75 Å². The molecule has 1 amide bonds. The first kappa shape index (κ1) is 32.0. The lowest BCUT2D eigenvalue weighted by Gasteiger charge is -2.31. The minimum Gasteiger partial charge on any atom is -0.489 e. The standard InChI is InChI=1S/C38H37F3N4O2/c1-26(2)35-19-18-31(21-42-35)45(24-29-20-43-44(23-29)22-27-14-16-30(17-15-27)38(39,40)41)37(46)34-12-6-11-33-32(34)10-7-13-36(33)47-25-28-8-4-3-5-9-28/h3-5,7-10,13-21,23,26,34H,6,11-12,22,24-25H2,1-2H3. The number of hydrogen-bond donors (Lipinski definition) is 0. The van der Waals surface area contributed by atoms with Crippen molar-refractivity contribution in [1.29, 1.82) is 0 Å². The molecule has 2 aromatic heterocycles. The van der Waals surface area contributed by atoms with Gasteiger partial charge in [-0.2, -0.15) is 18.3 Å². The zero-order valence-electron chi connectivity index (χ0n) is 26.5. The van der Waals surface area contributed by atoms with E-state index in [4.69, 9.17) is 4.74 Å². The number of aromatic nitrogens is 3. The molecule has 9 heteroatoms. The lowest BCUT2D eigenvalue weighted by atomic mass is 9.81. The molecule has 0 N–H and O–H groups in total. The number of anilines is 1. The Bertz CT molecular complexity index is 1800. The molecule has 0 bridgehead atoms. The number of benzene rings is 3. The van der Waals surface area contributed by atoms with Crippen LogP contribution in [0.2, 0.25) is 0 Å². The highest BCUT2D eigenvalue weighted by molar-refractivity contribution is 5.98. The van der Waals surface area contributed by atoms with Gasteiger partial charge in [0, 0.05) is 17.5 Å². The molecule has 0 fully saturated rings. The summed E-state index contributed by atoms with van der Waals surface area (Å²) in [5, 5.41) is 4.46. The van der Waals surface area contributed by atoms with Gasteiger partial charge in [0.05, 0.1) is 42.7 Å². The Morgan fingerprint density at radius 3 is 2.43 bits per heavy atom. The molecule has 0 radical (unpaired) electrons. The minimum absolute atomic E-state index is 0.0271. The van der Waals surface area contributed by atoms with Gasteiger partial charge in [0.2, 0.25) is 5.91 Å². The second kappa shape index (κ2) is 13.8. The van der Waals surface area contributed by atoms with E-state index in [2.05, 4.69) is 23.9 Å². The molecule has 242 valence electrons. The number of ether oxygens (including phenoxy) is 1. The predicted octanol–water partition coefficient (Wildman–Crippen LogP) is 8.70. The number of amides is 1. The van der Waals surface area contributed by atoms with Crippen molar-refractivity contribution >= 4 is 11.6 Å². The zero-order valence-corrected chi connectivity index (χ0v) is 26.5. The third-order valence-corrected chi connectivity index (χ3v) is 8.59. The molecule has 47 heavy (non-hydrogen) atoms. The molecule has 1 aliphatic carbocycles. The number of pyridine rings is 1. The lowest BCUT2D eigenvalue weighted by Crippen LogP contribution is -2.36. The normalized spacial score (nSPS) is 14.6. The second-order valence-electron chi connectivity index (χ2n) is 12.3. The van der Waals surface area contributed by atoms with Crippen LogP contribution in [0.25, 0.3) is 0 Å². The van der Waals surface area contributed by atoms with Crippen molar-refractivity contribution in [3.63, 3.8) is 0 Å². The highest BCUT2D eigenvalue weighted by Crippen LogP contribution is 2.39. The summed E-state index contributed by atoms with van der Waals surface area (Å²) in [4.78, 5) is 20.9. The average molecular weight is 639 g/mol. The number of nitrogens with zero attached hydrogens (tertiary/aromatic N) is 4. The van der Waals surface area contributed by atoms with Crippen LogP contribution in [0, 0.1) is 0 Å². The summed E-state index contributed by atoms with van der Waals surface area (Å²) < 4.78 is 47.0. The number of hydrogen-bond acceptors (Lipinski definition) is 4. The molecular weight excluding hydrogens is 601 g/mol. The lowest BCUT2D eigenvalue weighted by molar-refractivity contribution is -0.137. The monoisotopic (exact) mass is 638 g/mol. The first-order chi connectivity index (χ1) is 22.7. The summed E-state index contributed by atoms with van der Waals surface area (Å²) in [5.41, 5.74) is 5.58. The van der Waals surface area contributed by atoms with Gasteiger partial charge in [-0.25, -0.2) is 0 Å². The molecular formula is C38H37F3N4O2. The van der Waals surface area contributed by atoms with Crippen molar-refractivity contribution < 1.29 is 22.7 Å². The van der Waals surface area contributed by atoms with Gasteiger partial charge in [-0.05, 0) is 77.8 Å². The fourth-order valence-corrected chi connectivity index (χ4v) is 6.07. The number of carbonyl (C=O) groups excluding carboxylic acids is 1. The largest absolute Gasteiger partial charge is 0.489 e. The molecule has 3 aromatic carbocycles. The fraction of sp³-hybridized carbons (Fsp3) is 0.289. The van der Waals surface area contributed by atoms with Crippen LogP contribution in [0.1, 0.15) is 77.6 Å². The summed E-state index contributed by atoms with van der Waals surface area (Å²) in [6, 6.07) is 25.0. The van der Waals surface area contributed by atoms with Crippen LogP contribution in [0.5, 0.6) is 5.75 Å². The van der Waals surface area contributed by atoms with E-state index < -0.39 is 11.7 Å². The number of rotatable bonds is 10. The quantitative estimate of drug-likeness (QED) is 0.154. The topological polar surface area (TPSA) is 60.2 Å². The van der Waals surface area contributed by atoms with Crippen LogP contribution >= 0.6 is 0 Å².